The van der Waals surface area contributed by atoms with Crippen LogP contribution in [0.15, 0.2) is 78.9 Å². The Morgan fingerprint density at radius 3 is 2.25 bits per heavy atom. The minimum atomic E-state index is -0.371. The zero-order valence-electron chi connectivity index (χ0n) is 15.6. The Hall–Kier alpha value is -3.11. The van der Waals surface area contributed by atoms with E-state index in [-0.39, 0.29) is 18.2 Å². The number of nitrogens with one attached hydrogen (secondary N) is 1. The number of halogens is 1. The Bertz CT molecular complexity index is 959. The van der Waals surface area contributed by atoms with E-state index in [1.165, 1.54) is 0 Å². The molecule has 0 aliphatic rings. The van der Waals surface area contributed by atoms with Crippen molar-refractivity contribution in [1.29, 1.82) is 0 Å². The Labute approximate surface area is 169 Å². The van der Waals surface area contributed by atoms with Crippen LogP contribution in [0.1, 0.15) is 17.5 Å². The van der Waals surface area contributed by atoms with E-state index in [0.717, 1.165) is 16.8 Å². The van der Waals surface area contributed by atoms with Gasteiger partial charge >= 0.3 is 0 Å². The number of amides is 2. The summed E-state index contributed by atoms with van der Waals surface area (Å²) in [7, 11) is 0. The van der Waals surface area contributed by atoms with Gasteiger partial charge in [0.1, 0.15) is 6.42 Å². The number of aryl methyl sites for hydroxylation is 1. The van der Waals surface area contributed by atoms with E-state index in [1.807, 2.05) is 73.7 Å². The van der Waals surface area contributed by atoms with Gasteiger partial charge in [-0.25, -0.2) is 0 Å². The summed E-state index contributed by atoms with van der Waals surface area (Å²) in [5, 5.41) is 3.31. The molecule has 3 rings (SSSR count). The van der Waals surface area contributed by atoms with Crippen LogP contribution in [0.25, 0.3) is 0 Å². The summed E-state index contributed by atoms with van der Waals surface area (Å²) < 4.78 is 0. The van der Waals surface area contributed by atoms with Crippen LogP contribution in [0, 0.1) is 6.92 Å². The minimum Gasteiger partial charge on any atom is -0.325 e. The highest BCUT2D eigenvalue weighted by molar-refractivity contribution is 6.31. The van der Waals surface area contributed by atoms with E-state index in [0.29, 0.717) is 17.3 Å². The van der Waals surface area contributed by atoms with Crippen LogP contribution < -0.4 is 10.2 Å². The molecule has 0 unspecified atom stereocenters. The van der Waals surface area contributed by atoms with Crippen molar-refractivity contribution in [3.8, 4) is 0 Å². The summed E-state index contributed by atoms with van der Waals surface area (Å²) in [5.41, 5.74) is 3.24. The lowest BCUT2D eigenvalue weighted by Crippen LogP contribution is -2.33. The van der Waals surface area contributed by atoms with Crippen LogP contribution in [0.3, 0.4) is 0 Å². The maximum absolute atomic E-state index is 12.9. The van der Waals surface area contributed by atoms with Crippen molar-refractivity contribution in [2.24, 2.45) is 0 Å². The molecule has 0 saturated carbocycles. The summed E-state index contributed by atoms with van der Waals surface area (Å²) in [5.74, 6) is -0.642. The van der Waals surface area contributed by atoms with Gasteiger partial charge in [-0.3, -0.25) is 9.59 Å². The molecule has 142 valence electrons. The van der Waals surface area contributed by atoms with Gasteiger partial charge in [0.25, 0.3) is 0 Å². The number of anilines is 2. The average molecular weight is 393 g/mol. The van der Waals surface area contributed by atoms with E-state index in [9.17, 15) is 9.59 Å². The Morgan fingerprint density at radius 2 is 1.57 bits per heavy atom. The van der Waals surface area contributed by atoms with E-state index < -0.39 is 0 Å². The molecule has 0 aromatic heterocycles. The third kappa shape index (κ3) is 5.21. The van der Waals surface area contributed by atoms with Gasteiger partial charge in [0.15, 0.2) is 0 Å². The van der Waals surface area contributed by atoms with E-state index >= 15 is 0 Å². The number of hydrogen-bond donors (Lipinski definition) is 1. The molecule has 1 N–H and O–H groups in total. The Kier molecular flexibility index (Phi) is 6.45. The highest BCUT2D eigenvalue weighted by Gasteiger charge is 2.20. The lowest BCUT2D eigenvalue weighted by Gasteiger charge is -2.23. The smallest absolute Gasteiger partial charge is 0.236 e. The van der Waals surface area contributed by atoms with Crippen molar-refractivity contribution in [3.63, 3.8) is 0 Å². The predicted octanol–water partition coefficient (Wildman–Crippen LogP) is 5.21. The first kappa shape index (κ1) is 19.6. The zero-order valence-corrected chi connectivity index (χ0v) is 16.3. The van der Waals surface area contributed by atoms with E-state index in [4.69, 9.17) is 11.6 Å². The molecule has 0 heterocycles. The number of benzene rings is 3. The second-order valence-corrected chi connectivity index (χ2v) is 6.92. The minimum absolute atomic E-state index is 0.256. The third-order valence-electron chi connectivity index (χ3n) is 4.34. The SMILES string of the molecule is Cc1ccc(Cl)cc1NC(=O)CC(=O)N(Cc1ccccc1)c1ccccc1. The molecule has 0 atom stereocenters. The van der Waals surface area contributed by atoms with Gasteiger partial charge in [0.05, 0.1) is 6.54 Å². The second kappa shape index (κ2) is 9.20. The van der Waals surface area contributed by atoms with Crippen LogP contribution in [0.2, 0.25) is 5.02 Å². The molecular weight excluding hydrogens is 372 g/mol. The van der Waals surface area contributed by atoms with Gasteiger partial charge in [0, 0.05) is 16.4 Å². The molecule has 2 amide bonds. The molecule has 28 heavy (non-hydrogen) atoms. The number of carbonyl (C=O) groups is 2. The van der Waals surface area contributed by atoms with Gasteiger partial charge < -0.3 is 10.2 Å². The van der Waals surface area contributed by atoms with Crippen molar-refractivity contribution < 1.29 is 9.59 Å². The van der Waals surface area contributed by atoms with Crippen LogP contribution in [-0.4, -0.2) is 11.8 Å². The van der Waals surface area contributed by atoms with Crippen molar-refractivity contribution in [2.75, 3.05) is 10.2 Å². The topological polar surface area (TPSA) is 49.4 Å². The van der Waals surface area contributed by atoms with Crippen molar-refractivity contribution in [3.05, 3.63) is 95.0 Å². The number of rotatable bonds is 6. The number of hydrogen-bond acceptors (Lipinski definition) is 2. The molecule has 0 spiro atoms. The first-order valence-corrected chi connectivity index (χ1v) is 9.36. The van der Waals surface area contributed by atoms with Crippen LogP contribution in [0.5, 0.6) is 0 Å². The maximum Gasteiger partial charge on any atom is 0.236 e. The van der Waals surface area contributed by atoms with Crippen LogP contribution >= 0.6 is 11.6 Å². The Balaban J connectivity index is 1.75. The summed E-state index contributed by atoms with van der Waals surface area (Å²) in [4.78, 5) is 27.0. The fourth-order valence-corrected chi connectivity index (χ4v) is 3.03. The highest BCUT2D eigenvalue weighted by atomic mass is 35.5. The van der Waals surface area contributed by atoms with Crippen LogP contribution in [0.4, 0.5) is 11.4 Å². The maximum atomic E-state index is 12.9. The molecule has 0 saturated heterocycles. The molecule has 3 aromatic carbocycles. The molecular formula is C23H21ClN2O2. The van der Waals surface area contributed by atoms with Gasteiger partial charge in [-0.1, -0.05) is 66.2 Å². The summed E-state index contributed by atoms with van der Waals surface area (Å²) in [6.07, 6.45) is -0.256. The first-order chi connectivity index (χ1) is 13.5. The van der Waals surface area contributed by atoms with Crippen molar-refractivity contribution in [2.45, 2.75) is 19.9 Å². The Morgan fingerprint density at radius 1 is 0.929 bits per heavy atom. The number of para-hydroxylation sites is 1. The van der Waals surface area contributed by atoms with Gasteiger partial charge in [-0.15, -0.1) is 0 Å². The lowest BCUT2D eigenvalue weighted by atomic mass is 10.1. The van der Waals surface area contributed by atoms with Crippen LogP contribution in [-0.2, 0) is 16.1 Å². The molecule has 0 aliphatic heterocycles. The normalized spacial score (nSPS) is 10.4. The monoisotopic (exact) mass is 392 g/mol. The van der Waals surface area contributed by atoms with Crippen molar-refractivity contribution >= 4 is 34.8 Å². The third-order valence-corrected chi connectivity index (χ3v) is 4.57. The molecule has 0 aliphatic carbocycles. The molecule has 0 bridgehead atoms. The standard InChI is InChI=1S/C23H21ClN2O2/c1-17-12-13-19(24)14-21(17)25-22(27)15-23(28)26(20-10-6-3-7-11-20)16-18-8-4-2-5-9-18/h2-14H,15-16H2,1H3,(H,25,27). The lowest BCUT2D eigenvalue weighted by molar-refractivity contribution is -0.125. The van der Waals surface area contributed by atoms with E-state index in [1.54, 1.807) is 17.0 Å². The molecule has 3 aromatic rings. The average Bonchev–Trinajstić information content (AvgIpc) is 2.70. The summed E-state index contributed by atoms with van der Waals surface area (Å²) in [6, 6.07) is 24.3. The van der Waals surface area contributed by atoms with Gasteiger partial charge in [-0.05, 0) is 42.3 Å². The first-order valence-electron chi connectivity index (χ1n) is 8.98. The highest BCUT2D eigenvalue weighted by Crippen LogP contribution is 2.21. The molecule has 4 nitrogen and oxygen atoms in total. The molecule has 5 heteroatoms. The second-order valence-electron chi connectivity index (χ2n) is 6.49. The predicted molar refractivity (Wildman–Crippen MR) is 114 cm³/mol. The number of carbonyl (C=O) groups excluding carboxylic acids is 2. The fraction of sp³-hybridized carbons (Fsp3) is 0.130. The molecule has 0 radical (unpaired) electrons. The van der Waals surface area contributed by atoms with Gasteiger partial charge in [0.2, 0.25) is 11.8 Å². The zero-order chi connectivity index (χ0) is 19.9. The van der Waals surface area contributed by atoms with Gasteiger partial charge in [-0.2, -0.15) is 0 Å². The van der Waals surface area contributed by atoms with Crippen molar-refractivity contribution in [1.82, 2.24) is 0 Å². The summed E-state index contributed by atoms with van der Waals surface area (Å²) >= 11 is 6.00. The summed E-state index contributed by atoms with van der Waals surface area (Å²) in [6.45, 7) is 2.27. The number of nitrogens with zero attached hydrogens (tertiary/aromatic N) is 1. The molecule has 0 fully saturated rings. The largest absolute Gasteiger partial charge is 0.325 e. The fourth-order valence-electron chi connectivity index (χ4n) is 2.85. The quantitative estimate of drug-likeness (QED) is 0.585. The van der Waals surface area contributed by atoms with E-state index in [2.05, 4.69) is 5.32 Å².